The largest absolute Gasteiger partial charge is 0.369 e. The first kappa shape index (κ1) is 16.3. The fraction of sp³-hybridized carbons (Fsp3) is 0.667. The van der Waals surface area contributed by atoms with Gasteiger partial charge in [-0.15, -0.1) is 0 Å². The van der Waals surface area contributed by atoms with Gasteiger partial charge in [-0.3, -0.25) is 0 Å². The molecule has 0 atom stereocenters. The third-order valence-electron chi connectivity index (χ3n) is 4.39. The molecular weight excluding hydrogens is 263 g/mol. The molecule has 3 heteroatoms. The lowest BCUT2D eigenvalue weighted by Gasteiger charge is -2.33. The molecule has 0 unspecified atom stereocenters. The lowest BCUT2D eigenvalue weighted by atomic mass is 9.94. The number of anilines is 1. The maximum atomic E-state index is 14.2. The van der Waals surface area contributed by atoms with Crippen LogP contribution in [0.4, 0.5) is 10.1 Å². The van der Waals surface area contributed by atoms with E-state index < -0.39 is 0 Å². The van der Waals surface area contributed by atoms with Gasteiger partial charge in [-0.2, -0.15) is 0 Å². The molecule has 0 spiro atoms. The fourth-order valence-electron chi connectivity index (χ4n) is 3.11. The van der Waals surface area contributed by atoms with Crippen molar-refractivity contribution in [3.05, 3.63) is 29.6 Å². The van der Waals surface area contributed by atoms with E-state index in [-0.39, 0.29) is 5.82 Å². The SMILES string of the molecule is CC(C)CNCc1ccc(F)c(N(C)C2CCCCC2)c1. The third kappa shape index (κ3) is 4.70. The van der Waals surface area contributed by atoms with E-state index >= 15 is 0 Å². The molecule has 21 heavy (non-hydrogen) atoms. The van der Waals surface area contributed by atoms with Crippen molar-refractivity contribution in [2.75, 3.05) is 18.5 Å². The molecule has 2 nitrogen and oxygen atoms in total. The molecule has 0 aliphatic heterocycles. The molecular formula is C18H29FN2. The first-order valence-corrected chi connectivity index (χ1v) is 8.30. The van der Waals surface area contributed by atoms with Gasteiger partial charge in [0, 0.05) is 19.6 Å². The summed E-state index contributed by atoms with van der Waals surface area (Å²) >= 11 is 0. The van der Waals surface area contributed by atoms with E-state index in [1.807, 2.05) is 19.2 Å². The second kappa shape index (κ2) is 7.79. The molecule has 0 aromatic heterocycles. The molecule has 118 valence electrons. The van der Waals surface area contributed by atoms with Crippen LogP contribution in [0.15, 0.2) is 18.2 Å². The van der Waals surface area contributed by atoms with Crippen LogP contribution in [0.5, 0.6) is 0 Å². The van der Waals surface area contributed by atoms with E-state index in [1.165, 1.54) is 32.1 Å². The van der Waals surface area contributed by atoms with Crippen LogP contribution in [-0.4, -0.2) is 19.6 Å². The highest BCUT2D eigenvalue weighted by atomic mass is 19.1. The highest BCUT2D eigenvalue weighted by Crippen LogP contribution is 2.28. The van der Waals surface area contributed by atoms with Gasteiger partial charge in [0.2, 0.25) is 0 Å². The van der Waals surface area contributed by atoms with Gasteiger partial charge in [0.15, 0.2) is 0 Å². The standard InChI is InChI=1S/C18H29FN2/c1-14(2)12-20-13-15-9-10-17(19)18(11-15)21(3)16-7-5-4-6-8-16/h9-11,14,16,20H,4-8,12-13H2,1-3H3. The average Bonchev–Trinajstić information content (AvgIpc) is 2.49. The number of hydrogen-bond acceptors (Lipinski definition) is 2. The molecule has 0 radical (unpaired) electrons. The van der Waals surface area contributed by atoms with Crippen molar-refractivity contribution in [1.82, 2.24) is 5.32 Å². The summed E-state index contributed by atoms with van der Waals surface area (Å²) in [5.74, 6) is 0.533. The Morgan fingerprint density at radius 1 is 1.24 bits per heavy atom. The molecule has 1 N–H and O–H groups in total. The molecule has 0 heterocycles. The monoisotopic (exact) mass is 292 g/mol. The van der Waals surface area contributed by atoms with Gasteiger partial charge >= 0.3 is 0 Å². The lowest BCUT2D eigenvalue weighted by molar-refractivity contribution is 0.424. The predicted octanol–water partition coefficient (Wildman–Crippen LogP) is 4.34. The normalized spacial score (nSPS) is 16.4. The maximum absolute atomic E-state index is 14.2. The Kier molecular flexibility index (Phi) is 6.04. The number of nitrogens with zero attached hydrogens (tertiary/aromatic N) is 1. The van der Waals surface area contributed by atoms with Crippen molar-refractivity contribution in [3.63, 3.8) is 0 Å². The summed E-state index contributed by atoms with van der Waals surface area (Å²) in [5.41, 5.74) is 1.92. The summed E-state index contributed by atoms with van der Waals surface area (Å²) in [6.07, 6.45) is 6.24. The molecule has 1 fully saturated rings. The summed E-state index contributed by atoms with van der Waals surface area (Å²) in [5, 5.41) is 3.43. The van der Waals surface area contributed by atoms with Crippen molar-refractivity contribution in [1.29, 1.82) is 0 Å². The van der Waals surface area contributed by atoms with Crippen LogP contribution in [0.1, 0.15) is 51.5 Å². The van der Waals surface area contributed by atoms with Crippen molar-refractivity contribution in [2.24, 2.45) is 5.92 Å². The average molecular weight is 292 g/mol. The van der Waals surface area contributed by atoms with Gasteiger partial charge in [-0.1, -0.05) is 39.2 Å². The number of benzene rings is 1. The number of rotatable bonds is 6. The molecule has 0 saturated heterocycles. The Labute approximate surface area is 128 Å². The molecule has 1 aromatic carbocycles. The van der Waals surface area contributed by atoms with Gasteiger partial charge in [0.05, 0.1) is 5.69 Å². The van der Waals surface area contributed by atoms with Crippen molar-refractivity contribution in [2.45, 2.75) is 58.5 Å². The molecule has 0 amide bonds. The van der Waals surface area contributed by atoms with Crippen molar-refractivity contribution in [3.8, 4) is 0 Å². The minimum Gasteiger partial charge on any atom is -0.369 e. The van der Waals surface area contributed by atoms with Gasteiger partial charge in [-0.25, -0.2) is 4.39 Å². The van der Waals surface area contributed by atoms with Crippen molar-refractivity contribution >= 4 is 5.69 Å². The van der Waals surface area contributed by atoms with E-state index in [0.717, 1.165) is 24.3 Å². The predicted molar refractivity (Wildman–Crippen MR) is 88.2 cm³/mol. The zero-order chi connectivity index (χ0) is 15.2. The molecule has 1 aliphatic rings. The molecule has 0 bridgehead atoms. The minimum atomic E-state index is -0.101. The van der Waals surface area contributed by atoms with Crippen molar-refractivity contribution < 1.29 is 4.39 Å². The van der Waals surface area contributed by atoms with Crippen LogP contribution in [0.25, 0.3) is 0 Å². The van der Waals surface area contributed by atoms with Crippen LogP contribution in [-0.2, 0) is 6.54 Å². The molecule has 1 aromatic rings. The Hall–Kier alpha value is -1.09. The van der Waals surface area contributed by atoms with Gasteiger partial charge in [0.25, 0.3) is 0 Å². The zero-order valence-corrected chi connectivity index (χ0v) is 13.7. The minimum absolute atomic E-state index is 0.101. The van der Waals surface area contributed by atoms with Crippen LogP contribution in [0, 0.1) is 11.7 Å². The van der Waals surface area contributed by atoms with Crippen LogP contribution >= 0.6 is 0 Å². The quantitative estimate of drug-likeness (QED) is 0.839. The first-order valence-electron chi connectivity index (χ1n) is 8.30. The number of hydrogen-bond donors (Lipinski definition) is 1. The number of halogens is 1. The third-order valence-corrected chi connectivity index (χ3v) is 4.39. The second-order valence-electron chi connectivity index (χ2n) is 6.71. The van der Waals surface area contributed by atoms with E-state index in [2.05, 4.69) is 24.1 Å². The van der Waals surface area contributed by atoms with Gasteiger partial charge in [0.1, 0.15) is 5.82 Å². The van der Waals surface area contributed by atoms with Gasteiger partial charge in [-0.05, 0) is 43.0 Å². The van der Waals surface area contributed by atoms with Crippen LogP contribution in [0.2, 0.25) is 0 Å². The summed E-state index contributed by atoms with van der Waals surface area (Å²) in [7, 11) is 2.04. The summed E-state index contributed by atoms with van der Waals surface area (Å²) in [6, 6.07) is 6.01. The van der Waals surface area contributed by atoms with Gasteiger partial charge < -0.3 is 10.2 Å². The second-order valence-corrected chi connectivity index (χ2v) is 6.71. The summed E-state index contributed by atoms with van der Waals surface area (Å²) < 4.78 is 14.2. The molecule has 1 saturated carbocycles. The lowest BCUT2D eigenvalue weighted by Crippen LogP contribution is -2.34. The van der Waals surface area contributed by atoms with E-state index in [9.17, 15) is 4.39 Å². The summed E-state index contributed by atoms with van der Waals surface area (Å²) in [4.78, 5) is 2.15. The molecule has 2 rings (SSSR count). The Bertz CT molecular complexity index is 439. The van der Waals surface area contributed by atoms with Crippen LogP contribution in [0.3, 0.4) is 0 Å². The highest BCUT2D eigenvalue weighted by Gasteiger charge is 2.20. The molecule has 1 aliphatic carbocycles. The maximum Gasteiger partial charge on any atom is 0.146 e. The number of nitrogens with one attached hydrogen (secondary N) is 1. The highest BCUT2D eigenvalue weighted by molar-refractivity contribution is 5.50. The Morgan fingerprint density at radius 3 is 2.62 bits per heavy atom. The van der Waals surface area contributed by atoms with E-state index in [0.29, 0.717) is 12.0 Å². The van der Waals surface area contributed by atoms with Crippen LogP contribution < -0.4 is 10.2 Å². The summed E-state index contributed by atoms with van der Waals surface area (Å²) in [6.45, 7) is 6.19. The van der Waals surface area contributed by atoms with E-state index in [4.69, 9.17) is 0 Å². The topological polar surface area (TPSA) is 15.3 Å². The van der Waals surface area contributed by atoms with E-state index in [1.54, 1.807) is 6.07 Å². The Morgan fingerprint density at radius 2 is 1.95 bits per heavy atom. The first-order chi connectivity index (χ1) is 10.1. The Balaban J connectivity index is 2.03. The smallest absolute Gasteiger partial charge is 0.146 e. The fourth-order valence-corrected chi connectivity index (χ4v) is 3.11. The zero-order valence-electron chi connectivity index (χ0n) is 13.7.